The summed E-state index contributed by atoms with van der Waals surface area (Å²) in [4.78, 5) is 24.1. The van der Waals surface area contributed by atoms with Crippen LogP contribution in [0.25, 0.3) is 0 Å². The van der Waals surface area contributed by atoms with Crippen LogP contribution in [0.2, 0.25) is 0 Å². The van der Waals surface area contributed by atoms with E-state index >= 15 is 0 Å². The molecule has 30 heavy (non-hydrogen) atoms. The van der Waals surface area contributed by atoms with Crippen LogP contribution in [-0.2, 0) is 6.54 Å². The molecule has 0 N–H and O–H groups in total. The third-order valence-corrected chi connectivity index (χ3v) is 5.84. The van der Waals surface area contributed by atoms with E-state index in [4.69, 9.17) is 4.74 Å². The van der Waals surface area contributed by atoms with Crippen molar-refractivity contribution in [2.75, 3.05) is 19.3 Å². The summed E-state index contributed by atoms with van der Waals surface area (Å²) in [5.41, 5.74) is 1.83. The topological polar surface area (TPSA) is 55.3 Å². The number of carbonyl (C=O) groups is 1. The Morgan fingerprint density at radius 3 is 2.47 bits per heavy atom. The Bertz CT molecular complexity index is 962. The lowest BCUT2D eigenvalue weighted by molar-refractivity contribution is 0.0811. The maximum Gasteiger partial charge on any atom is 0.187 e. The highest BCUT2D eigenvalue weighted by molar-refractivity contribution is 7.98. The number of nitrogens with zero attached hydrogens (tertiary/aromatic N) is 3. The fourth-order valence-electron chi connectivity index (χ4n) is 3.75. The molecule has 4 rings (SSSR count). The molecule has 1 saturated heterocycles. The molecule has 6 heteroatoms. The fraction of sp³-hybridized carbons (Fsp3) is 0.292. The first-order chi connectivity index (χ1) is 14.7. The van der Waals surface area contributed by atoms with Gasteiger partial charge in [0.05, 0.1) is 0 Å². The van der Waals surface area contributed by atoms with E-state index in [1.807, 2.05) is 73.2 Å². The number of para-hydroxylation sites is 1. The van der Waals surface area contributed by atoms with Crippen molar-refractivity contribution in [2.45, 2.75) is 24.5 Å². The van der Waals surface area contributed by atoms with Crippen LogP contribution < -0.4 is 4.74 Å². The van der Waals surface area contributed by atoms with Crippen LogP contribution in [0.5, 0.6) is 11.5 Å². The second-order valence-electron chi connectivity index (χ2n) is 7.46. The highest BCUT2D eigenvalue weighted by Crippen LogP contribution is 2.25. The Labute approximate surface area is 181 Å². The van der Waals surface area contributed by atoms with Crippen molar-refractivity contribution in [2.24, 2.45) is 5.92 Å². The number of aromatic nitrogens is 2. The van der Waals surface area contributed by atoms with Crippen molar-refractivity contribution in [1.29, 1.82) is 0 Å². The Kier molecular flexibility index (Phi) is 6.77. The molecule has 2 aromatic carbocycles. The first kappa shape index (κ1) is 20.6. The molecular formula is C24H25N3O2S. The van der Waals surface area contributed by atoms with E-state index in [1.165, 1.54) is 11.8 Å². The van der Waals surface area contributed by atoms with Gasteiger partial charge in [-0.05, 0) is 62.0 Å². The summed E-state index contributed by atoms with van der Waals surface area (Å²) in [5.74, 6) is 1.75. The van der Waals surface area contributed by atoms with Gasteiger partial charge in [0.1, 0.15) is 11.5 Å². The van der Waals surface area contributed by atoms with Gasteiger partial charge in [-0.1, -0.05) is 30.0 Å². The Hall–Kier alpha value is -2.70. The molecular weight excluding hydrogens is 394 g/mol. The highest BCUT2D eigenvalue weighted by atomic mass is 32.2. The van der Waals surface area contributed by atoms with Gasteiger partial charge in [-0.3, -0.25) is 9.69 Å². The van der Waals surface area contributed by atoms with Crippen LogP contribution >= 0.6 is 11.8 Å². The number of rotatable bonds is 7. The normalized spacial score (nSPS) is 16.9. The van der Waals surface area contributed by atoms with Gasteiger partial charge in [0.25, 0.3) is 0 Å². The van der Waals surface area contributed by atoms with Crippen molar-refractivity contribution in [3.63, 3.8) is 0 Å². The number of benzene rings is 2. The summed E-state index contributed by atoms with van der Waals surface area (Å²) in [6.07, 6.45) is 7.69. The average molecular weight is 420 g/mol. The largest absolute Gasteiger partial charge is 0.457 e. The van der Waals surface area contributed by atoms with Gasteiger partial charge in [-0.25, -0.2) is 9.97 Å². The lowest BCUT2D eigenvalue weighted by Crippen LogP contribution is -2.38. The molecule has 0 spiro atoms. The van der Waals surface area contributed by atoms with Crippen molar-refractivity contribution in [3.05, 3.63) is 78.1 Å². The minimum atomic E-state index is 0.0195. The lowest BCUT2D eigenvalue weighted by Gasteiger charge is -2.31. The zero-order chi connectivity index (χ0) is 20.8. The first-order valence-corrected chi connectivity index (χ1v) is 11.4. The molecule has 1 atom stereocenters. The van der Waals surface area contributed by atoms with Crippen molar-refractivity contribution in [1.82, 2.24) is 14.9 Å². The van der Waals surface area contributed by atoms with E-state index in [0.717, 1.165) is 60.3 Å². The third-order valence-electron chi connectivity index (χ3n) is 5.26. The predicted octanol–water partition coefficient (Wildman–Crippen LogP) is 5.09. The zero-order valence-electron chi connectivity index (χ0n) is 17.0. The number of hydrogen-bond donors (Lipinski definition) is 0. The molecule has 0 saturated carbocycles. The molecule has 1 aliphatic heterocycles. The first-order valence-electron chi connectivity index (χ1n) is 10.2. The molecule has 0 unspecified atom stereocenters. The summed E-state index contributed by atoms with van der Waals surface area (Å²) in [5, 5.41) is 0.783. The van der Waals surface area contributed by atoms with Gasteiger partial charge in [-0.2, -0.15) is 0 Å². The number of ether oxygens (including phenoxy) is 1. The summed E-state index contributed by atoms with van der Waals surface area (Å²) < 4.78 is 5.83. The molecule has 3 aromatic rings. The number of Topliss-reactive ketones (excluding diaryl/α,β-unsaturated/α-hetero) is 1. The minimum absolute atomic E-state index is 0.0195. The van der Waals surface area contributed by atoms with Crippen LogP contribution in [-0.4, -0.2) is 40.0 Å². The van der Waals surface area contributed by atoms with E-state index in [2.05, 4.69) is 14.9 Å². The number of carbonyl (C=O) groups excluding carboxylic acids is 1. The quantitative estimate of drug-likeness (QED) is 0.302. The van der Waals surface area contributed by atoms with Gasteiger partial charge < -0.3 is 4.74 Å². The molecule has 2 heterocycles. The molecule has 1 fully saturated rings. The van der Waals surface area contributed by atoms with E-state index in [0.29, 0.717) is 0 Å². The second-order valence-corrected chi connectivity index (χ2v) is 8.23. The van der Waals surface area contributed by atoms with Crippen molar-refractivity contribution in [3.8, 4) is 11.5 Å². The molecule has 0 radical (unpaired) electrons. The molecule has 1 aliphatic rings. The summed E-state index contributed by atoms with van der Waals surface area (Å²) in [6.45, 7) is 2.55. The Morgan fingerprint density at radius 2 is 1.77 bits per heavy atom. The molecule has 1 aromatic heterocycles. The Morgan fingerprint density at radius 1 is 1.07 bits per heavy atom. The number of likely N-dealkylation sites (tertiary alicyclic amines) is 1. The van der Waals surface area contributed by atoms with E-state index in [1.54, 1.807) is 0 Å². The zero-order valence-corrected chi connectivity index (χ0v) is 17.8. The van der Waals surface area contributed by atoms with Crippen LogP contribution in [0.3, 0.4) is 0 Å². The van der Waals surface area contributed by atoms with Crippen LogP contribution in [0.1, 0.15) is 28.8 Å². The average Bonchev–Trinajstić information content (AvgIpc) is 2.80. The third kappa shape index (κ3) is 5.26. The molecule has 154 valence electrons. The molecule has 0 aliphatic carbocycles. The summed E-state index contributed by atoms with van der Waals surface area (Å²) >= 11 is 1.54. The van der Waals surface area contributed by atoms with Gasteiger partial charge in [0, 0.05) is 42.5 Å². The smallest absolute Gasteiger partial charge is 0.187 e. The number of hydrogen-bond acceptors (Lipinski definition) is 6. The summed E-state index contributed by atoms with van der Waals surface area (Å²) in [6, 6.07) is 17.1. The minimum Gasteiger partial charge on any atom is -0.457 e. The lowest BCUT2D eigenvalue weighted by atomic mass is 9.90. The van der Waals surface area contributed by atoms with Gasteiger partial charge in [0.15, 0.2) is 10.9 Å². The van der Waals surface area contributed by atoms with Crippen LogP contribution in [0.4, 0.5) is 0 Å². The monoisotopic (exact) mass is 419 g/mol. The molecule has 5 nitrogen and oxygen atoms in total. The molecule has 0 bridgehead atoms. The van der Waals surface area contributed by atoms with Crippen LogP contribution in [0, 0.1) is 5.92 Å². The van der Waals surface area contributed by atoms with E-state index in [9.17, 15) is 4.79 Å². The number of ketones is 1. The SMILES string of the molecule is CSc1ncc(CN2CCC[C@@H](C(=O)c3ccc(Oc4ccccc4)cc3)C2)cn1. The van der Waals surface area contributed by atoms with Gasteiger partial charge in [-0.15, -0.1) is 0 Å². The van der Waals surface area contributed by atoms with Crippen molar-refractivity contribution < 1.29 is 9.53 Å². The summed E-state index contributed by atoms with van der Waals surface area (Å²) in [7, 11) is 0. The standard InChI is InChI=1S/C24H25N3O2S/c1-30-24-25-14-18(15-26-24)16-27-13-5-6-20(17-27)23(28)19-9-11-22(12-10-19)29-21-7-3-2-4-8-21/h2-4,7-12,14-15,20H,5-6,13,16-17H2,1H3/t20-/m1/s1. The number of piperidine rings is 1. The highest BCUT2D eigenvalue weighted by Gasteiger charge is 2.26. The predicted molar refractivity (Wildman–Crippen MR) is 119 cm³/mol. The van der Waals surface area contributed by atoms with Gasteiger partial charge >= 0.3 is 0 Å². The van der Waals surface area contributed by atoms with Crippen molar-refractivity contribution >= 4 is 17.5 Å². The maximum absolute atomic E-state index is 13.1. The van der Waals surface area contributed by atoms with Crippen LogP contribution in [0.15, 0.2) is 72.1 Å². The second kappa shape index (κ2) is 9.87. The molecule has 0 amide bonds. The van der Waals surface area contributed by atoms with E-state index in [-0.39, 0.29) is 11.7 Å². The number of thioether (sulfide) groups is 1. The van der Waals surface area contributed by atoms with Gasteiger partial charge in [0.2, 0.25) is 0 Å². The van der Waals surface area contributed by atoms with E-state index < -0.39 is 0 Å². The Balaban J connectivity index is 1.36. The maximum atomic E-state index is 13.1. The fourth-order valence-corrected chi connectivity index (χ4v) is 4.07.